The highest BCUT2D eigenvalue weighted by Crippen LogP contribution is 2.46. The molecule has 2 saturated carbocycles. The van der Waals surface area contributed by atoms with E-state index in [-0.39, 0.29) is 37.2 Å². The van der Waals surface area contributed by atoms with E-state index in [9.17, 15) is 28.4 Å². The van der Waals surface area contributed by atoms with Gasteiger partial charge in [-0.15, -0.1) is 0 Å². The first kappa shape index (κ1) is 32.7. The van der Waals surface area contributed by atoms with Gasteiger partial charge in [-0.1, -0.05) is 43.9 Å². The van der Waals surface area contributed by atoms with Crippen molar-refractivity contribution >= 4 is 35.4 Å². The zero-order valence-electron chi connectivity index (χ0n) is 27.1. The zero-order valence-corrected chi connectivity index (χ0v) is 27.1. The molecule has 1 aliphatic heterocycles. The molecule has 0 aromatic heterocycles. The third-order valence-electron chi connectivity index (χ3n) is 10.6. The number of hydrogen-bond acceptors (Lipinski definition) is 6. The van der Waals surface area contributed by atoms with Crippen LogP contribution in [-0.2, 0) is 42.5 Å². The molecular weight excluding hydrogens is 603 g/mol. The standard InChI is InChI=1S/C36H43FN4O6/c1-22(19-38-33(44)28-10-9-26(17-28)25-5-3-4-6-25)40(20-24-7-11-29(37)12-8-24)32(43)21-41-34(45)36(47-35(41)46)16-15-27-18-30(39-23(2)42)13-14-31(27)36/h7-8,11-14,18,22,25-26,28H,3-6,9-10,15-17,19-21H2,1-2H3,(H,38,44)(H,39,42)/t22-,26?,28?,36+/m0/s1. The predicted molar refractivity (Wildman–Crippen MR) is 171 cm³/mol. The first-order valence-electron chi connectivity index (χ1n) is 16.8. The van der Waals surface area contributed by atoms with Crippen LogP contribution in [0, 0.1) is 23.6 Å². The van der Waals surface area contributed by atoms with Gasteiger partial charge in [0.2, 0.25) is 23.3 Å². The van der Waals surface area contributed by atoms with E-state index in [1.807, 2.05) is 6.92 Å². The maximum atomic E-state index is 13.9. The Morgan fingerprint density at radius 1 is 1.04 bits per heavy atom. The monoisotopic (exact) mass is 646 g/mol. The number of halogens is 1. The summed E-state index contributed by atoms with van der Waals surface area (Å²) in [6.07, 6.45) is 7.73. The Labute approximate surface area is 274 Å². The lowest BCUT2D eigenvalue weighted by Gasteiger charge is -2.31. The van der Waals surface area contributed by atoms with Crippen molar-refractivity contribution < 1.29 is 33.1 Å². The predicted octanol–water partition coefficient (Wildman–Crippen LogP) is 5.04. The molecule has 5 amide bonds. The lowest BCUT2D eigenvalue weighted by Crippen LogP contribution is -2.50. The van der Waals surface area contributed by atoms with Crippen LogP contribution < -0.4 is 10.6 Å². The average Bonchev–Trinajstić information content (AvgIpc) is 3.85. The van der Waals surface area contributed by atoms with E-state index < -0.39 is 41.9 Å². The van der Waals surface area contributed by atoms with Gasteiger partial charge >= 0.3 is 6.09 Å². The fraction of sp³-hybridized carbons (Fsp3) is 0.528. The Kier molecular flexibility index (Phi) is 9.34. The van der Waals surface area contributed by atoms with Crippen LogP contribution in [0.5, 0.6) is 0 Å². The molecule has 6 rings (SSSR count). The number of carbonyl (C=O) groups excluding carboxylic acids is 5. The molecule has 11 heteroatoms. The van der Waals surface area contributed by atoms with Gasteiger partial charge in [0.1, 0.15) is 12.4 Å². The molecule has 1 heterocycles. The van der Waals surface area contributed by atoms with Gasteiger partial charge in [-0.05, 0) is 79.8 Å². The molecule has 2 N–H and O–H groups in total. The Hall–Kier alpha value is -4.28. The first-order chi connectivity index (χ1) is 22.5. The number of nitrogens with zero attached hydrogens (tertiary/aromatic N) is 2. The maximum absolute atomic E-state index is 13.9. The lowest BCUT2D eigenvalue weighted by atomic mass is 9.89. The van der Waals surface area contributed by atoms with Crippen molar-refractivity contribution in [3.63, 3.8) is 0 Å². The smallest absolute Gasteiger partial charge is 0.418 e. The number of benzene rings is 2. The summed E-state index contributed by atoms with van der Waals surface area (Å²) >= 11 is 0. The lowest BCUT2D eigenvalue weighted by molar-refractivity contribution is -0.143. The van der Waals surface area contributed by atoms with Crippen molar-refractivity contribution in [3.05, 3.63) is 65.0 Å². The molecule has 3 fully saturated rings. The second kappa shape index (κ2) is 13.4. The van der Waals surface area contributed by atoms with Gasteiger partial charge in [-0.25, -0.2) is 14.1 Å². The number of fused-ring (bicyclic) bond motifs is 2. The number of amides is 5. The number of aryl methyl sites for hydroxylation is 1. The van der Waals surface area contributed by atoms with E-state index >= 15 is 0 Å². The highest BCUT2D eigenvalue weighted by Gasteiger charge is 2.58. The van der Waals surface area contributed by atoms with Crippen LogP contribution in [0.25, 0.3) is 0 Å². The summed E-state index contributed by atoms with van der Waals surface area (Å²) in [5.74, 6) is -0.447. The number of hydrogen-bond donors (Lipinski definition) is 2. The van der Waals surface area contributed by atoms with E-state index in [4.69, 9.17) is 4.74 Å². The van der Waals surface area contributed by atoms with Crippen LogP contribution in [0.15, 0.2) is 42.5 Å². The van der Waals surface area contributed by atoms with Crippen molar-refractivity contribution in [2.45, 2.75) is 89.8 Å². The van der Waals surface area contributed by atoms with Gasteiger partial charge in [0.05, 0.1) is 0 Å². The van der Waals surface area contributed by atoms with Gasteiger partial charge in [0.25, 0.3) is 5.91 Å². The highest BCUT2D eigenvalue weighted by atomic mass is 19.1. The third kappa shape index (κ3) is 6.75. The fourth-order valence-corrected chi connectivity index (χ4v) is 8.05. The van der Waals surface area contributed by atoms with Crippen LogP contribution >= 0.6 is 0 Å². The van der Waals surface area contributed by atoms with Crippen LogP contribution in [0.2, 0.25) is 0 Å². The number of carbonyl (C=O) groups is 5. The Morgan fingerprint density at radius 3 is 2.51 bits per heavy atom. The summed E-state index contributed by atoms with van der Waals surface area (Å²) in [5, 5.41) is 5.77. The van der Waals surface area contributed by atoms with Crippen molar-refractivity contribution in [2.75, 3.05) is 18.4 Å². The maximum Gasteiger partial charge on any atom is 0.418 e. The largest absolute Gasteiger partial charge is 0.427 e. The minimum atomic E-state index is -1.53. The third-order valence-corrected chi connectivity index (χ3v) is 10.6. The van der Waals surface area contributed by atoms with Gasteiger partial charge < -0.3 is 20.3 Å². The molecule has 47 heavy (non-hydrogen) atoms. The molecule has 4 atom stereocenters. The average molecular weight is 647 g/mol. The van der Waals surface area contributed by atoms with Crippen LogP contribution in [-0.4, -0.2) is 58.7 Å². The fourth-order valence-electron chi connectivity index (χ4n) is 8.05. The number of imide groups is 1. The van der Waals surface area contributed by atoms with E-state index in [1.165, 1.54) is 49.6 Å². The van der Waals surface area contributed by atoms with Crippen molar-refractivity contribution in [1.82, 2.24) is 15.1 Å². The summed E-state index contributed by atoms with van der Waals surface area (Å²) in [5.41, 5.74) is 1.04. The van der Waals surface area contributed by atoms with E-state index in [2.05, 4.69) is 10.6 Å². The van der Waals surface area contributed by atoms with E-state index in [1.54, 1.807) is 30.3 Å². The van der Waals surface area contributed by atoms with Gasteiger partial charge in [0, 0.05) is 49.6 Å². The minimum absolute atomic E-state index is 0.00618. The second-order valence-corrected chi connectivity index (χ2v) is 13.7. The zero-order chi connectivity index (χ0) is 33.3. The van der Waals surface area contributed by atoms with Gasteiger partial charge in [-0.2, -0.15) is 0 Å². The Balaban J connectivity index is 1.13. The van der Waals surface area contributed by atoms with Crippen LogP contribution in [0.4, 0.5) is 14.9 Å². The molecule has 3 aliphatic carbocycles. The molecule has 2 aromatic carbocycles. The molecule has 2 unspecified atom stereocenters. The number of nitrogens with one attached hydrogen (secondary N) is 2. The number of anilines is 1. The molecule has 1 spiro atoms. The van der Waals surface area contributed by atoms with Crippen LogP contribution in [0.1, 0.15) is 81.9 Å². The molecule has 4 aliphatic rings. The Bertz CT molecular complexity index is 1560. The molecular formula is C36H43FN4O6. The first-order valence-corrected chi connectivity index (χ1v) is 16.8. The molecule has 10 nitrogen and oxygen atoms in total. The van der Waals surface area contributed by atoms with E-state index in [0.29, 0.717) is 29.2 Å². The van der Waals surface area contributed by atoms with E-state index in [0.717, 1.165) is 35.6 Å². The van der Waals surface area contributed by atoms with Gasteiger partial charge in [0.15, 0.2) is 0 Å². The normalized spacial score (nSPS) is 24.4. The molecule has 0 radical (unpaired) electrons. The summed E-state index contributed by atoms with van der Waals surface area (Å²) in [6, 6.07) is 10.4. The molecule has 1 saturated heterocycles. The van der Waals surface area contributed by atoms with Crippen molar-refractivity contribution in [1.29, 1.82) is 0 Å². The van der Waals surface area contributed by atoms with Gasteiger partial charge in [-0.3, -0.25) is 19.2 Å². The van der Waals surface area contributed by atoms with Crippen LogP contribution in [0.3, 0.4) is 0 Å². The molecule has 250 valence electrons. The number of ether oxygens (including phenoxy) is 1. The summed E-state index contributed by atoms with van der Waals surface area (Å²) in [6.45, 7) is 2.97. The SMILES string of the molecule is CC(=O)Nc1ccc2c(c1)CC[C@@]21OC(=O)N(CC(=O)N(Cc2ccc(F)cc2)[C@@H](C)CNC(=O)C2CCC(C3CCCC3)C2)C1=O. The quantitative estimate of drug-likeness (QED) is 0.373. The molecule has 0 bridgehead atoms. The Morgan fingerprint density at radius 2 is 1.79 bits per heavy atom. The summed E-state index contributed by atoms with van der Waals surface area (Å²) in [7, 11) is 0. The summed E-state index contributed by atoms with van der Waals surface area (Å²) < 4.78 is 19.4. The van der Waals surface area contributed by atoms with Crippen molar-refractivity contribution in [2.24, 2.45) is 17.8 Å². The summed E-state index contributed by atoms with van der Waals surface area (Å²) in [4.78, 5) is 67.9. The van der Waals surface area contributed by atoms with Crippen molar-refractivity contribution in [3.8, 4) is 0 Å². The minimum Gasteiger partial charge on any atom is -0.427 e. The number of rotatable bonds is 10. The molecule has 2 aromatic rings. The highest BCUT2D eigenvalue weighted by molar-refractivity contribution is 6.06. The second-order valence-electron chi connectivity index (χ2n) is 13.7. The topological polar surface area (TPSA) is 125 Å².